The van der Waals surface area contributed by atoms with E-state index in [0.29, 0.717) is 19.3 Å². The van der Waals surface area contributed by atoms with E-state index in [-0.39, 0.29) is 0 Å². The molecule has 0 amide bonds. The molecule has 0 aromatic rings. The summed E-state index contributed by atoms with van der Waals surface area (Å²) in [6.45, 7) is 4.70. The normalized spacial score (nSPS) is 24.6. The molecule has 0 aliphatic heterocycles. The number of carbonyl (C=O) groups is 1. The number of aliphatic hydroxyl groups is 1. The third-order valence-corrected chi connectivity index (χ3v) is 6.80. The highest BCUT2D eigenvalue weighted by atomic mass is 127. The summed E-state index contributed by atoms with van der Waals surface area (Å²) in [6, 6.07) is 0. The second kappa shape index (κ2) is 7.92. The summed E-state index contributed by atoms with van der Waals surface area (Å²) in [5, 5.41) is 10.5. The quantitative estimate of drug-likeness (QED) is 0.288. The molecule has 0 bridgehead atoms. The molecule has 23 heavy (non-hydrogen) atoms. The van der Waals surface area contributed by atoms with E-state index >= 15 is 0 Å². The summed E-state index contributed by atoms with van der Waals surface area (Å²) >= 11 is 3.45. The SMILES string of the molecule is CCC(C)(I)C(=O)OC(C1CCCC1)C(O)(C(C)I)C(F)(F)F. The van der Waals surface area contributed by atoms with Crippen LogP contribution in [0.4, 0.5) is 13.2 Å². The van der Waals surface area contributed by atoms with Crippen molar-refractivity contribution in [3.63, 3.8) is 0 Å². The molecule has 3 nitrogen and oxygen atoms in total. The Hall–Kier alpha value is 0.680. The predicted octanol–water partition coefficient (Wildman–Crippen LogP) is 4.81. The molecule has 0 aromatic carbocycles. The standard InChI is InChI=1S/C15H23F3I2O3/c1-4-13(3,20)12(21)23-11(10-7-5-6-8-10)14(22,9(2)19)15(16,17)18/h9-11,22H,4-8H2,1-3H3. The van der Waals surface area contributed by atoms with Gasteiger partial charge in [0.1, 0.15) is 9.53 Å². The summed E-state index contributed by atoms with van der Waals surface area (Å²) < 4.78 is 44.2. The average molecular weight is 562 g/mol. The maximum atomic E-state index is 13.6. The van der Waals surface area contributed by atoms with Gasteiger partial charge in [0.2, 0.25) is 5.60 Å². The van der Waals surface area contributed by atoms with Crippen molar-refractivity contribution in [3.05, 3.63) is 0 Å². The van der Waals surface area contributed by atoms with Crippen molar-refractivity contribution in [2.75, 3.05) is 0 Å². The summed E-state index contributed by atoms with van der Waals surface area (Å²) in [5.74, 6) is -1.16. The Morgan fingerprint density at radius 1 is 1.35 bits per heavy atom. The van der Waals surface area contributed by atoms with Crippen LogP contribution in [0.5, 0.6) is 0 Å². The zero-order valence-electron chi connectivity index (χ0n) is 13.4. The fraction of sp³-hybridized carbons (Fsp3) is 0.933. The number of ether oxygens (including phenoxy) is 1. The van der Waals surface area contributed by atoms with E-state index in [1.807, 2.05) is 22.6 Å². The van der Waals surface area contributed by atoms with E-state index in [2.05, 4.69) is 0 Å². The Morgan fingerprint density at radius 3 is 2.17 bits per heavy atom. The van der Waals surface area contributed by atoms with Crippen molar-refractivity contribution in [1.29, 1.82) is 0 Å². The minimum absolute atomic E-state index is 0.439. The van der Waals surface area contributed by atoms with Crippen molar-refractivity contribution in [2.24, 2.45) is 5.92 Å². The van der Waals surface area contributed by atoms with Gasteiger partial charge in [-0.15, -0.1) is 0 Å². The lowest BCUT2D eigenvalue weighted by Crippen LogP contribution is -2.63. The molecule has 1 saturated carbocycles. The van der Waals surface area contributed by atoms with Crippen molar-refractivity contribution >= 4 is 51.2 Å². The van der Waals surface area contributed by atoms with Gasteiger partial charge >= 0.3 is 12.1 Å². The highest BCUT2D eigenvalue weighted by Crippen LogP contribution is 2.46. The first-order chi connectivity index (χ1) is 10.4. The average Bonchev–Trinajstić information content (AvgIpc) is 2.95. The first kappa shape index (κ1) is 21.7. The van der Waals surface area contributed by atoms with Crippen molar-refractivity contribution < 1.29 is 27.8 Å². The van der Waals surface area contributed by atoms with Crippen molar-refractivity contribution in [2.45, 2.75) is 78.1 Å². The number of halogens is 5. The van der Waals surface area contributed by atoms with Gasteiger partial charge in [0, 0.05) is 3.92 Å². The maximum absolute atomic E-state index is 13.6. The second-order valence-electron chi connectivity index (χ2n) is 6.36. The van der Waals surface area contributed by atoms with Gasteiger partial charge in [-0.25, -0.2) is 0 Å². The topological polar surface area (TPSA) is 46.5 Å². The maximum Gasteiger partial charge on any atom is 0.421 e. The minimum Gasteiger partial charge on any atom is -0.458 e. The molecule has 0 heterocycles. The summed E-state index contributed by atoms with van der Waals surface area (Å²) in [5.41, 5.74) is -3.04. The lowest BCUT2D eigenvalue weighted by molar-refractivity contribution is -0.296. The van der Waals surface area contributed by atoms with E-state index in [4.69, 9.17) is 4.74 Å². The monoisotopic (exact) mass is 562 g/mol. The Labute approximate surface area is 162 Å². The first-order valence-electron chi connectivity index (χ1n) is 7.71. The fourth-order valence-electron chi connectivity index (χ4n) is 2.80. The van der Waals surface area contributed by atoms with E-state index in [1.165, 1.54) is 6.92 Å². The van der Waals surface area contributed by atoms with Crippen LogP contribution in [0.25, 0.3) is 0 Å². The molecule has 4 unspecified atom stereocenters. The molecule has 8 heteroatoms. The Bertz CT molecular complexity index is 421. The van der Waals surface area contributed by atoms with Crippen LogP contribution in [-0.4, -0.2) is 36.3 Å². The van der Waals surface area contributed by atoms with Crippen molar-refractivity contribution in [3.8, 4) is 0 Å². The van der Waals surface area contributed by atoms with Gasteiger partial charge in [0.05, 0.1) is 0 Å². The smallest absolute Gasteiger partial charge is 0.421 e. The molecular formula is C15H23F3I2O3. The van der Waals surface area contributed by atoms with Gasteiger partial charge in [-0.1, -0.05) is 71.9 Å². The van der Waals surface area contributed by atoms with Crippen LogP contribution >= 0.6 is 45.2 Å². The van der Waals surface area contributed by atoms with Crippen LogP contribution in [0.15, 0.2) is 0 Å². The second-order valence-corrected chi connectivity index (χ2v) is 10.6. The molecule has 1 fully saturated rings. The highest BCUT2D eigenvalue weighted by molar-refractivity contribution is 14.1. The molecule has 4 atom stereocenters. The Morgan fingerprint density at radius 2 is 1.83 bits per heavy atom. The largest absolute Gasteiger partial charge is 0.458 e. The molecule has 0 radical (unpaired) electrons. The number of esters is 1. The zero-order valence-corrected chi connectivity index (χ0v) is 17.7. The molecule has 1 N–H and O–H groups in total. The molecule has 0 spiro atoms. The van der Waals surface area contributed by atoms with E-state index in [9.17, 15) is 23.1 Å². The Balaban J connectivity index is 3.21. The van der Waals surface area contributed by atoms with Gasteiger partial charge in [-0.3, -0.25) is 4.79 Å². The van der Waals surface area contributed by atoms with Crippen LogP contribution in [0.1, 0.15) is 52.9 Å². The van der Waals surface area contributed by atoms with Crippen LogP contribution in [0.2, 0.25) is 0 Å². The number of alkyl halides is 5. The number of rotatable bonds is 6. The van der Waals surface area contributed by atoms with Gasteiger partial charge in [-0.2, -0.15) is 13.2 Å². The van der Waals surface area contributed by atoms with Gasteiger partial charge < -0.3 is 9.84 Å². The molecule has 1 rings (SSSR count). The summed E-state index contributed by atoms with van der Waals surface area (Å²) in [7, 11) is 0. The number of hydrogen-bond acceptors (Lipinski definition) is 3. The fourth-order valence-corrected chi connectivity index (χ4v) is 3.64. The number of hydrogen-bond donors (Lipinski definition) is 1. The van der Waals surface area contributed by atoms with Crippen LogP contribution < -0.4 is 0 Å². The predicted molar refractivity (Wildman–Crippen MR) is 99.0 cm³/mol. The molecule has 0 saturated heterocycles. The van der Waals surface area contributed by atoms with E-state index < -0.39 is 37.1 Å². The molecule has 1 aliphatic carbocycles. The Kier molecular flexibility index (Phi) is 7.48. The zero-order chi connectivity index (χ0) is 18.1. The van der Waals surface area contributed by atoms with Gasteiger partial charge in [0.25, 0.3) is 0 Å². The molecule has 136 valence electrons. The van der Waals surface area contributed by atoms with Crippen LogP contribution in [0, 0.1) is 5.92 Å². The minimum atomic E-state index is -4.87. The number of carbonyl (C=O) groups excluding carboxylic acids is 1. The summed E-state index contributed by atoms with van der Waals surface area (Å²) in [6.07, 6.45) is -3.35. The lowest BCUT2D eigenvalue weighted by atomic mass is 9.83. The molecular weight excluding hydrogens is 539 g/mol. The summed E-state index contributed by atoms with van der Waals surface area (Å²) in [4.78, 5) is 12.3. The van der Waals surface area contributed by atoms with Crippen molar-refractivity contribution in [1.82, 2.24) is 0 Å². The third-order valence-electron chi connectivity index (χ3n) is 4.65. The third kappa shape index (κ3) is 4.65. The molecule has 1 aliphatic rings. The van der Waals surface area contributed by atoms with E-state index in [0.717, 1.165) is 12.8 Å². The van der Waals surface area contributed by atoms with E-state index in [1.54, 1.807) is 36.4 Å². The van der Waals surface area contributed by atoms with Crippen LogP contribution in [0.3, 0.4) is 0 Å². The van der Waals surface area contributed by atoms with Gasteiger partial charge in [0.15, 0.2) is 0 Å². The molecule has 0 aromatic heterocycles. The highest BCUT2D eigenvalue weighted by Gasteiger charge is 2.65. The first-order valence-corrected chi connectivity index (χ1v) is 10.0. The van der Waals surface area contributed by atoms with Crippen LogP contribution in [-0.2, 0) is 9.53 Å². The van der Waals surface area contributed by atoms with Gasteiger partial charge in [-0.05, 0) is 32.1 Å². The lowest BCUT2D eigenvalue weighted by Gasteiger charge is -2.42.